The lowest BCUT2D eigenvalue weighted by Crippen LogP contribution is -2.41. The van der Waals surface area contributed by atoms with Crippen LogP contribution in [0.15, 0.2) is 40.0 Å². The Labute approximate surface area is 139 Å². The van der Waals surface area contributed by atoms with Crippen molar-refractivity contribution < 1.29 is 9.15 Å². The molecule has 2 heterocycles. The maximum atomic E-state index is 5.77. The van der Waals surface area contributed by atoms with Crippen LogP contribution in [0.3, 0.4) is 0 Å². The number of aliphatic imine (C=N–C) groups is 1. The minimum atomic E-state index is 0.254. The summed E-state index contributed by atoms with van der Waals surface area (Å²) in [5.74, 6) is 1.88. The van der Waals surface area contributed by atoms with Crippen molar-refractivity contribution in [3.63, 3.8) is 0 Å². The molecule has 0 radical (unpaired) electrons. The van der Waals surface area contributed by atoms with Crippen LogP contribution in [0.2, 0.25) is 0 Å². The first-order valence-corrected chi connectivity index (χ1v) is 8.43. The molecule has 23 heavy (non-hydrogen) atoms. The lowest BCUT2D eigenvalue weighted by molar-refractivity contribution is 0.0223. The van der Waals surface area contributed by atoms with Gasteiger partial charge in [-0.25, -0.2) is 0 Å². The Balaban J connectivity index is 1.88. The number of nitrogens with one attached hydrogen (secondary N) is 1. The summed E-state index contributed by atoms with van der Waals surface area (Å²) in [4.78, 5) is 6.86. The molecule has 1 aliphatic rings. The minimum Gasteiger partial charge on any atom is -0.469 e. The van der Waals surface area contributed by atoms with E-state index in [-0.39, 0.29) is 6.10 Å². The number of nitrogens with zero attached hydrogens (tertiary/aromatic N) is 2. The Bertz CT molecular complexity index is 490. The molecule has 5 heteroatoms. The summed E-state index contributed by atoms with van der Waals surface area (Å²) >= 11 is 0. The molecule has 0 aromatic carbocycles. The summed E-state index contributed by atoms with van der Waals surface area (Å²) < 4.78 is 11.1. The maximum absolute atomic E-state index is 5.77. The first-order valence-electron chi connectivity index (χ1n) is 8.43. The van der Waals surface area contributed by atoms with Gasteiger partial charge in [0.15, 0.2) is 5.96 Å². The fourth-order valence-corrected chi connectivity index (χ4v) is 2.68. The summed E-state index contributed by atoms with van der Waals surface area (Å²) in [5.41, 5.74) is 1.11. The molecule has 1 N–H and O–H groups in total. The quantitative estimate of drug-likeness (QED) is 0.477. The molecule has 128 valence electrons. The number of hydrogen-bond acceptors (Lipinski definition) is 3. The average molecular weight is 319 g/mol. The van der Waals surface area contributed by atoms with Gasteiger partial charge in [-0.1, -0.05) is 12.2 Å². The zero-order valence-electron chi connectivity index (χ0n) is 14.4. The van der Waals surface area contributed by atoms with Crippen molar-refractivity contribution in [3.05, 3.63) is 36.3 Å². The summed E-state index contributed by atoms with van der Waals surface area (Å²) in [6.07, 6.45) is 6.31. The Morgan fingerprint density at radius 1 is 1.48 bits per heavy atom. The third-order valence-electron chi connectivity index (χ3n) is 3.82. The molecule has 1 fully saturated rings. The van der Waals surface area contributed by atoms with Crippen molar-refractivity contribution >= 4 is 5.96 Å². The number of rotatable bonds is 7. The molecular formula is C18H29N3O2. The van der Waals surface area contributed by atoms with E-state index in [2.05, 4.69) is 16.8 Å². The van der Waals surface area contributed by atoms with Gasteiger partial charge >= 0.3 is 0 Å². The van der Waals surface area contributed by atoms with E-state index in [0.29, 0.717) is 6.54 Å². The number of hydrogen-bond donors (Lipinski definition) is 1. The zero-order valence-corrected chi connectivity index (χ0v) is 14.4. The van der Waals surface area contributed by atoms with Gasteiger partial charge in [0.05, 0.1) is 18.9 Å². The summed E-state index contributed by atoms with van der Waals surface area (Å²) in [6.45, 7) is 9.17. The molecule has 1 aromatic rings. The Kier molecular flexibility index (Phi) is 7.20. The van der Waals surface area contributed by atoms with Gasteiger partial charge < -0.3 is 19.4 Å². The third-order valence-corrected chi connectivity index (χ3v) is 3.82. The van der Waals surface area contributed by atoms with Crippen LogP contribution in [0.4, 0.5) is 0 Å². The largest absolute Gasteiger partial charge is 0.469 e. The van der Waals surface area contributed by atoms with E-state index in [4.69, 9.17) is 14.1 Å². The van der Waals surface area contributed by atoms with E-state index in [1.54, 1.807) is 6.26 Å². The molecule has 0 aliphatic carbocycles. The van der Waals surface area contributed by atoms with E-state index in [9.17, 15) is 0 Å². The van der Waals surface area contributed by atoms with Gasteiger partial charge in [0.25, 0.3) is 0 Å². The Morgan fingerprint density at radius 3 is 3.00 bits per heavy atom. The van der Waals surface area contributed by atoms with Crippen LogP contribution in [0.5, 0.6) is 0 Å². The normalized spacial score (nSPS) is 18.7. The van der Waals surface area contributed by atoms with Gasteiger partial charge in [-0.3, -0.25) is 4.99 Å². The second-order valence-electron chi connectivity index (χ2n) is 6.22. The number of furan rings is 1. The maximum Gasteiger partial charge on any atom is 0.194 e. The summed E-state index contributed by atoms with van der Waals surface area (Å²) in [6, 6.07) is 3.91. The van der Waals surface area contributed by atoms with Crippen LogP contribution in [0.1, 0.15) is 31.9 Å². The highest BCUT2D eigenvalue weighted by atomic mass is 16.5. The summed E-state index contributed by atoms with van der Waals surface area (Å²) in [5, 5.41) is 3.42. The smallest absolute Gasteiger partial charge is 0.194 e. The Morgan fingerprint density at radius 2 is 2.35 bits per heavy atom. The summed E-state index contributed by atoms with van der Waals surface area (Å²) in [7, 11) is 2.04. The van der Waals surface area contributed by atoms with Crippen LogP contribution < -0.4 is 5.32 Å². The first-order chi connectivity index (χ1) is 11.1. The monoisotopic (exact) mass is 319 g/mol. The van der Waals surface area contributed by atoms with Crippen molar-refractivity contribution in [3.8, 4) is 0 Å². The molecule has 2 rings (SSSR count). The highest BCUT2D eigenvalue weighted by Crippen LogP contribution is 2.12. The van der Waals surface area contributed by atoms with Crippen LogP contribution >= 0.6 is 0 Å². The van der Waals surface area contributed by atoms with Gasteiger partial charge in [0.1, 0.15) is 5.76 Å². The highest BCUT2D eigenvalue weighted by Gasteiger charge is 2.14. The standard InChI is InChI=1S/C18H29N3O2/c1-15(2)14-21(3)18(19-10-9-16-8-6-12-22-16)20-13-17-7-4-5-11-23-17/h6,8,12,17H,1,4-5,7,9-11,13-14H2,2-3H3,(H,19,20). The first kappa shape index (κ1) is 17.6. The predicted molar refractivity (Wildman–Crippen MR) is 93.8 cm³/mol. The van der Waals surface area contributed by atoms with E-state index in [1.807, 2.05) is 26.1 Å². The van der Waals surface area contributed by atoms with E-state index in [0.717, 1.165) is 49.8 Å². The van der Waals surface area contributed by atoms with Gasteiger partial charge in [0.2, 0.25) is 0 Å². The van der Waals surface area contributed by atoms with E-state index in [1.165, 1.54) is 12.8 Å². The van der Waals surface area contributed by atoms with Crippen molar-refractivity contribution in [2.45, 2.75) is 38.7 Å². The molecule has 1 saturated heterocycles. The molecule has 0 saturated carbocycles. The highest BCUT2D eigenvalue weighted by molar-refractivity contribution is 5.80. The molecule has 5 nitrogen and oxygen atoms in total. The Hall–Kier alpha value is -1.75. The molecule has 0 bridgehead atoms. The van der Waals surface area contributed by atoms with Gasteiger partial charge in [-0.05, 0) is 38.3 Å². The van der Waals surface area contributed by atoms with Gasteiger partial charge in [0, 0.05) is 33.2 Å². The predicted octanol–water partition coefficient (Wildman–Crippen LogP) is 2.84. The molecule has 1 aromatic heterocycles. The third kappa shape index (κ3) is 6.48. The minimum absolute atomic E-state index is 0.254. The molecule has 0 amide bonds. The van der Waals surface area contributed by atoms with Crippen molar-refractivity contribution in [1.29, 1.82) is 0 Å². The molecular weight excluding hydrogens is 290 g/mol. The SMILES string of the molecule is C=C(C)CN(C)C(=NCC1CCCCO1)NCCc1ccco1. The molecule has 1 aliphatic heterocycles. The number of guanidine groups is 1. The zero-order chi connectivity index (χ0) is 16.5. The van der Waals surface area contributed by atoms with Crippen LogP contribution in [0, 0.1) is 0 Å². The molecule has 1 unspecified atom stereocenters. The number of likely N-dealkylation sites (N-methyl/N-ethyl adjacent to an activating group) is 1. The van der Waals surface area contributed by atoms with E-state index >= 15 is 0 Å². The van der Waals surface area contributed by atoms with Crippen molar-refractivity contribution in [2.75, 3.05) is 33.3 Å². The number of ether oxygens (including phenoxy) is 1. The van der Waals surface area contributed by atoms with Crippen LogP contribution in [-0.4, -0.2) is 50.3 Å². The molecule has 1 atom stereocenters. The van der Waals surface area contributed by atoms with Crippen molar-refractivity contribution in [2.24, 2.45) is 4.99 Å². The topological polar surface area (TPSA) is 50.0 Å². The van der Waals surface area contributed by atoms with Gasteiger partial charge in [-0.15, -0.1) is 0 Å². The van der Waals surface area contributed by atoms with Gasteiger partial charge in [-0.2, -0.15) is 0 Å². The fourth-order valence-electron chi connectivity index (χ4n) is 2.68. The second kappa shape index (κ2) is 9.40. The fraction of sp³-hybridized carbons (Fsp3) is 0.611. The second-order valence-corrected chi connectivity index (χ2v) is 6.22. The van der Waals surface area contributed by atoms with Crippen molar-refractivity contribution in [1.82, 2.24) is 10.2 Å². The lowest BCUT2D eigenvalue weighted by atomic mass is 10.1. The molecule has 0 spiro atoms. The average Bonchev–Trinajstić information content (AvgIpc) is 3.04. The lowest BCUT2D eigenvalue weighted by Gasteiger charge is -2.25. The van der Waals surface area contributed by atoms with E-state index < -0.39 is 0 Å². The van der Waals surface area contributed by atoms with Crippen LogP contribution in [0.25, 0.3) is 0 Å². The van der Waals surface area contributed by atoms with Crippen LogP contribution in [-0.2, 0) is 11.2 Å².